The first-order chi connectivity index (χ1) is 15.2. The van der Waals surface area contributed by atoms with Crippen molar-refractivity contribution < 1.29 is 9.21 Å². The van der Waals surface area contributed by atoms with Crippen LogP contribution in [0.1, 0.15) is 47.5 Å². The van der Waals surface area contributed by atoms with Gasteiger partial charge in [0.05, 0.1) is 17.0 Å². The zero-order valence-electron chi connectivity index (χ0n) is 16.8. The Morgan fingerprint density at radius 2 is 1.84 bits per heavy atom. The summed E-state index contributed by atoms with van der Waals surface area (Å²) in [7, 11) is 0. The number of hydrogen-bond donors (Lipinski definition) is 0. The average molecular weight is 450 g/mol. The molecule has 1 aliphatic rings. The largest absolute Gasteiger partial charge is 0.450 e. The van der Waals surface area contributed by atoms with Crippen molar-refractivity contribution >= 4 is 45.1 Å². The predicted octanol–water partition coefficient (Wildman–Crippen LogP) is 5.29. The Labute approximate surface area is 186 Å². The molecule has 1 unspecified atom stereocenters. The number of hydrogen-bond acceptors (Lipinski definition) is 7. The van der Waals surface area contributed by atoms with Gasteiger partial charge in [-0.25, -0.2) is 0 Å². The number of anilines is 1. The van der Waals surface area contributed by atoms with E-state index in [-0.39, 0.29) is 17.1 Å². The van der Waals surface area contributed by atoms with Crippen molar-refractivity contribution in [2.45, 2.75) is 30.1 Å². The van der Waals surface area contributed by atoms with Gasteiger partial charge in [0, 0.05) is 5.75 Å². The Kier molecular flexibility index (Phi) is 5.33. The second kappa shape index (κ2) is 8.28. The number of rotatable bonds is 6. The van der Waals surface area contributed by atoms with Crippen LogP contribution in [0.2, 0.25) is 0 Å². The van der Waals surface area contributed by atoms with Crippen molar-refractivity contribution in [2.75, 3.05) is 10.7 Å². The minimum atomic E-state index is -0.606. The highest BCUT2D eigenvalue weighted by Gasteiger charge is 2.45. The molecule has 0 radical (unpaired) electrons. The third-order valence-corrected chi connectivity index (χ3v) is 7.36. The van der Waals surface area contributed by atoms with E-state index >= 15 is 0 Å². The van der Waals surface area contributed by atoms with E-state index in [0.717, 1.165) is 28.5 Å². The molecule has 156 valence electrons. The van der Waals surface area contributed by atoms with Gasteiger partial charge in [0.1, 0.15) is 5.58 Å². The van der Waals surface area contributed by atoms with E-state index in [4.69, 9.17) is 4.42 Å². The summed E-state index contributed by atoms with van der Waals surface area (Å²) in [6.07, 6.45) is 2.20. The van der Waals surface area contributed by atoms with Crippen LogP contribution in [-0.4, -0.2) is 21.9 Å². The maximum atomic E-state index is 13.5. The first-order valence-corrected chi connectivity index (χ1v) is 11.9. The van der Waals surface area contributed by atoms with Crippen molar-refractivity contribution in [2.24, 2.45) is 0 Å². The Morgan fingerprint density at radius 3 is 2.65 bits per heavy atom. The summed E-state index contributed by atoms with van der Waals surface area (Å²) in [6.45, 7) is 2.14. The van der Waals surface area contributed by atoms with E-state index in [1.165, 1.54) is 11.3 Å². The maximum Gasteiger partial charge on any atom is 0.297 e. The van der Waals surface area contributed by atoms with Gasteiger partial charge in [0.15, 0.2) is 9.77 Å². The SMILES string of the molecule is CCCCSc1nnc(N2C(=O)c3oc4ccccc4c(=O)c3C2c2ccccc2)s1. The standard InChI is InChI=1S/C23H19N3O3S2/c1-2-3-13-30-23-25-24-22(31-23)26-18(14-9-5-4-6-10-14)17-19(27)15-11-7-8-12-16(15)29-20(17)21(26)28/h4-12,18H,2-3,13H2,1H3. The number of unbranched alkanes of at least 4 members (excludes halogenated alkanes) is 1. The summed E-state index contributed by atoms with van der Waals surface area (Å²) in [4.78, 5) is 28.4. The van der Waals surface area contributed by atoms with Gasteiger partial charge in [0.2, 0.25) is 10.9 Å². The Bertz CT molecular complexity index is 1320. The molecule has 0 fully saturated rings. The summed E-state index contributed by atoms with van der Waals surface area (Å²) in [5.41, 5.74) is 1.39. The minimum absolute atomic E-state index is 0.0768. The average Bonchev–Trinajstić information content (AvgIpc) is 3.37. The third kappa shape index (κ3) is 3.45. The predicted molar refractivity (Wildman–Crippen MR) is 123 cm³/mol. The van der Waals surface area contributed by atoms with Crippen molar-refractivity contribution in [1.29, 1.82) is 0 Å². The number of fused-ring (bicyclic) bond motifs is 2. The van der Waals surface area contributed by atoms with Crippen LogP contribution in [-0.2, 0) is 0 Å². The molecule has 1 amide bonds. The van der Waals surface area contributed by atoms with Crippen LogP contribution < -0.4 is 10.3 Å². The van der Waals surface area contributed by atoms with E-state index in [2.05, 4.69) is 17.1 Å². The zero-order chi connectivity index (χ0) is 21.4. The second-order valence-electron chi connectivity index (χ2n) is 7.21. The zero-order valence-corrected chi connectivity index (χ0v) is 18.4. The van der Waals surface area contributed by atoms with Gasteiger partial charge in [-0.1, -0.05) is 78.9 Å². The fourth-order valence-electron chi connectivity index (χ4n) is 3.73. The van der Waals surface area contributed by atoms with Crippen LogP contribution in [0.15, 0.2) is 68.1 Å². The molecule has 0 N–H and O–H groups in total. The molecule has 0 spiro atoms. The quantitative estimate of drug-likeness (QED) is 0.226. The normalized spacial score (nSPS) is 15.6. The van der Waals surface area contributed by atoms with E-state index in [1.807, 2.05) is 30.3 Å². The fourth-order valence-corrected chi connectivity index (χ4v) is 5.75. The number of amides is 1. The number of thioether (sulfide) groups is 1. The summed E-state index contributed by atoms with van der Waals surface area (Å²) < 4.78 is 6.76. The molecule has 0 saturated heterocycles. The number of nitrogens with zero attached hydrogens (tertiary/aromatic N) is 3. The molecule has 8 heteroatoms. The number of benzene rings is 2. The van der Waals surface area contributed by atoms with Crippen LogP contribution >= 0.6 is 23.1 Å². The lowest BCUT2D eigenvalue weighted by Gasteiger charge is -2.21. The summed E-state index contributed by atoms with van der Waals surface area (Å²) >= 11 is 3.00. The van der Waals surface area contributed by atoms with Crippen molar-refractivity contribution in [3.63, 3.8) is 0 Å². The smallest absolute Gasteiger partial charge is 0.297 e. The Balaban J connectivity index is 1.66. The number of carbonyl (C=O) groups is 1. The van der Waals surface area contributed by atoms with Gasteiger partial charge in [-0.15, -0.1) is 10.2 Å². The lowest BCUT2D eigenvalue weighted by molar-refractivity contribution is 0.0970. The van der Waals surface area contributed by atoms with Crippen molar-refractivity contribution in [3.8, 4) is 0 Å². The summed E-state index contributed by atoms with van der Waals surface area (Å²) in [5.74, 6) is 0.660. The fraction of sp³-hybridized carbons (Fsp3) is 0.217. The number of aromatic nitrogens is 2. The van der Waals surface area contributed by atoms with Crippen LogP contribution in [0, 0.1) is 0 Å². The minimum Gasteiger partial charge on any atom is -0.450 e. The molecule has 2 aromatic heterocycles. The first-order valence-electron chi connectivity index (χ1n) is 10.1. The molecule has 4 aromatic rings. The van der Waals surface area contributed by atoms with Gasteiger partial charge < -0.3 is 4.42 Å². The van der Waals surface area contributed by atoms with Gasteiger partial charge >= 0.3 is 0 Å². The highest BCUT2D eigenvalue weighted by molar-refractivity contribution is 8.01. The summed E-state index contributed by atoms with van der Waals surface area (Å²) in [5, 5.41) is 9.49. The molecule has 0 bridgehead atoms. The molecule has 3 heterocycles. The van der Waals surface area contributed by atoms with E-state index in [0.29, 0.717) is 21.7 Å². The van der Waals surface area contributed by atoms with Crippen molar-refractivity contribution in [3.05, 3.63) is 81.7 Å². The van der Waals surface area contributed by atoms with Gasteiger partial charge in [-0.3, -0.25) is 14.5 Å². The summed E-state index contributed by atoms with van der Waals surface area (Å²) in [6, 6.07) is 15.9. The molecular weight excluding hydrogens is 430 g/mol. The lowest BCUT2D eigenvalue weighted by Crippen LogP contribution is -2.29. The van der Waals surface area contributed by atoms with Gasteiger partial charge in [-0.2, -0.15) is 0 Å². The molecule has 2 aromatic carbocycles. The van der Waals surface area contributed by atoms with Crippen LogP contribution in [0.3, 0.4) is 0 Å². The van der Waals surface area contributed by atoms with E-state index < -0.39 is 6.04 Å². The second-order valence-corrected chi connectivity index (χ2v) is 9.51. The Hall–Kier alpha value is -2.97. The Morgan fingerprint density at radius 1 is 1.06 bits per heavy atom. The highest BCUT2D eigenvalue weighted by Crippen LogP contribution is 2.43. The maximum absolute atomic E-state index is 13.5. The lowest BCUT2D eigenvalue weighted by atomic mass is 9.99. The molecule has 0 saturated carbocycles. The van der Waals surface area contributed by atoms with Crippen molar-refractivity contribution in [1.82, 2.24) is 10.2 Å². The van der Waals surface area contributed by atoms with Gasteiger partial charge in [0.25, 0.3) is 5.91 Å². The van der Waals surface area contributed by atoms with E-state index in [9.17, 15) is 9.59 Å². The molecular formula is C23H19N3O3S2. The third-order valence-electron chi connectivity index (χ3n) is 5.22. The monoisotopic (exact) mass is 449 g/mol. The van der Waals surface area contributed by atoms with Crippen LogP contribution in [0.5, 0.6) is 0 Å². The number of para-hydroxylation sites is 1. The van der Waals surface area contributed by atoms with Crippen LogP contribution in [0.25, 0.3) is 11.0 Å². The molecule has 6 nitrogen and oxygen atoms in total. The topological polar surface area (TPSA) is 76.3 Å². The number of carbonyl (C=O) groups excluding carboxylic acids is 1. The van der Waals surface area contributed by atoms with Gasteiger partial charge in [-0.05, 0) is 24.1 Å². The van der Waals surface area contributed by atoms with E-state index in [1.54, 1.807) is 40.9 Å². The molecule has 31 heavy (non-hydrogen) atoms. The molecule has 1 aliphatic heterocycles. The highest BCUT2D eigenvalue weighted by atomic mass is 32.2. The first kappa shape index (κ1) is 20.0. The van der Waals surface area contributed by atoms with Crippen LogP contribution in [0.4, 0.5) is 5.13 Å². The molecule has 0 aliphatic carbocycles. The molecule has 5 rings (SSSR count). The molecule has 1 atom stereocenters.